The van der Waals surface area contributed by atoms with Gasteiger partial charge in [0.2, 0.25) is 0 Å². The van der Waals surface area contributed by atoms with Crippen LogP contribution in [0, 0.1) is 11.3 Å². The first-order valence-electron chi connectivity index (χ1n) is 10.7. The Kier molecular flexibility index (Phi) is 8.58. The monoisotopic (exact) mass is 565 g/mol. The molecule has 184 valence electrons. The van der Waals surface area contributed by atoms with Crippen LogP contribution in [-0.4, -0.2) is 21.0 Å². The Labute approximate surface area is 231 Å². The lowest BCUT2D eigenvalue weighted by Gasteiger charge is -2.10. The number of hydrogen-bond donors (Lipinski definition) is 3. The molecule has 0 fully saturated rings. The van der Waals surface area contributed by atoms with Gasteiger partial charge in [-0.3, -0.25) is 14.9 Å². The van der Waals surface area contributed by atoms with Crippen LogP contribution in [0.2, 0.25) is 10.0 Å². The second kappa shape index (κ2) is 12.0. The summed E-state index contributed by atoms with van der Waals surface area (Å²) in [7, 11) is 0. The van der Waals surface area contributed by atoms with E-state index < -0.39 is 5.56 Å². The number of nitrogens with zero attached hydrogens (tertiary/aromatic N) is 2. The first-order chi connectivity index (χ1) is 17.8. The average Bonchev–Trinajstić information content (AvgIpc) is 2.89. The minimum absolute atomic E-state index is 0.101. The lowest BCUT2D eigenvalue weighted by atomic mass is 10.1. The van der Waals surface area contributed by atoms with Crippen molar-refractivity contribution >= 4 is 63.9 Å². The topological polar surface area (TPSA) is 111 Å². The van der Waals surface area contributed by atoms with Crippen LogP contribution in [-0.2, 0) is 5.75 Å². The molecule has 0 radical (unpaired) electrons. The minimum Gasteiger partial charge on any atom is -0.332 e. The third kappa shape index (κ3) is 6.76. The standard InChI is InChI=1S/C26H17Cl2N5O2S2/c27-17-9-11-18(12-10-17)30-25(36)32-23(34)16-7-5-15(6-8-16)14-37-26-31-22(20(13-29)24(35)33-26)19-3-1-2-4-21(19)28/h1-12H,14H2,(H,31,33,35)(H2,30,32,34,36). The zero-order chi connectivity index (χ0) is 26.4. The fraction of sp³-hybridized carbons (Fsp3) is 0.0385. The average molecular weight is 566 g/mol. The van der Waals surface area contributed by atoms with Crippen molar-refractivity contribution in [3.8, 4) is 17.3 Å². The van der Waals surface area contributed by atoms with Crippen LogP contribution in [0.5, 0.6) is 0 Å². The van der Waals surface area contributed by atoms with E-state index in [9.17, 15) is 14.9 Å². The van der Waals surface area contributed by atoms with Crippen molar-refractivity contribution in [2.24, 2.45) is 0 Å². The number of thioether (sulfide) groups is 1. The molecule has 0 saturated carbocycles. The lowest BCUT2D eigenvalue weighted by molar-refractivity contribution is 0.0977. The van der Waals surface area contributed by atoms with Crippen molar-refractivity contribution in [2.45, 2.75) is 10.9 Å². The molecule has 4 rings (SSSR count). The molecule has 0 aliphatic carbocycles. The van der Waals surface area contributed by atoms with Gasteiger partial charge in [0.05, 0.1) is 10.7 Å². The number of hydrogen-bond acceptors (Lipinski definition) is 6. The second-order valence-corrected chi connectivity index (χ2v) is 9.80. The van der Waals surface area contributed by atoms with Crippen molar-refractivity contribution < 1.29 is 4.79 Å². The van der Waals surface area contributed by atoms with Crippen LogP contribution in [0.1, 0.15) is 21.5 Å². The molecular weight excluding hydrogens is 549 g/mol. The number of carbonyl (C=O) groups excluding carboxylic acids is 1. The maximum Gasteiger partial charge on any atom is 0.270 e. The van der Waals surface area contributed by atoms with Crippen molar-refractivity contribution in [1.29, 1.82) is 5.26 Å². The molecule has 0 bridgehead atoms. The molecule has 1 amide bonds. The highest BCUT2D eigenvalue weighted by Gasteiger charge is 2.16. The summed E-state index contributed by atoms with van der Waals surface area (Å²) in [5.41, 5.74) is 2.13. The molecule has 7 nitrogen and oxygen atoms in total. The van der Waals surface area contributed by atoms with Crippen molar-refractivity contribution in [2.75, 3.05) is 5.32 Å². The van der Waals surface area contributed by atoms with Gasteiger partial charge in [0.25, 0.3) is 11.5 Å². The van der Waals surface area contributed by atoms with E-state index in [0.29, 0.717) is 37.8 Å². The summed E-state index contributed by atoms with van der Waals surface area (Å²) in [5, 5.41) is 16.5. The quantitative estimate of drug-likeness (QED) is 0.148. The van der Waals surface area contributed by atoms with Crippen LogP contribution in [0.15, 0.2) is 82.7 Å². The number of aromatic nitrogens is 2. The molecule has 0 aliphatic heterocycles. The summed E-state index contributed by atoms with van der Waals surface area (Å²) in [6.45, 7) is 0. The summed E-state index contributed by atoms with van der Waals surface area (Å²) < 4.78 is 0. The first kappa shape index (κ1) is 26.4. The fourth-order valence-electron chi connectivity index (χ4n) is 3.25. The second-order valence-electron chi connectivity index (χ2n) is 7.59. The van der Waals surface area contributed by atoms with Crippen LogP contribution >= 0.6 is 47.2 Å². The van der Waals surface area contributed by atoms with E-state index in [0.717, 1.165) is 5.56 Å². The van der Waals surface area contributed by atoms with Gasteiger partial charge in [0.15, 0.2) is 10.3 Å². The van der Waals surface area contributed by atoms with Gasteiger partial charge in [-0.15, -0.1) is 0 Å². The van der Waals surface area contributed by atoms with Gasteiger partial charge in [-0.25, -0.2) is 4.98 Å². The fourth-order valence-corrected chi connectivity index (χ4v) is 4.63. The maximum absolute atomic E-state index is 12.5. The van der Waals surface area contributed by atoms with Crippen molar-refractivity contribution in [3.05, 3.63) is 110 Å². The van der Waals surface area contributed by atoms with E-state index >= 15 is 0 Å². The maximum atomic E-state index is 12.5. The molecule has 0 saturated heterocycles. The number of carbonyl (C=O) groups is 1. The number of rotatable bonds is 6. The largest absolute Gasteiger partial charge is 0.332 e. The van der Waals surface area contributed by atoms with Gasteiger partial charge in [0.1, 0.15) is 11.6 Å². The summed E-state index contributed by atoms with van der Waals surface area (Å²) in [4.78, 5) is 32.1. The number of halogens is 2. The third-order valence-corrected chi connectivity index (χ3v) is 6.79. The number of H-pyrrole nitrogens is 1. The molecule has 1 aromatic heterocycles. The Morgan fingerprint density at radius 3 is 2.43 bits per heavy atom. The van der Waals surface area contributed by atoms with E-state index in [4.69, 9.17) is 35.4 Å². The summed E-state index contributed by atoms with van der Waals surface area (Å²) in [5.74, 6) is 0.114. The van der Waals surface area contributed by atoms with Crippen LogP contribution < -0.4 is 16.2 Å². The molecule has 0 aliphatic rings. The summed E-state index contributed by atoms with van der Waals surface area (Å²) in [6, 6.07) is 22.7. The van der Waals surface area contributed by atoms with Gasteiger partial charge in [-0.1, -0.05) is 65.3 Å². The Balaban J connectivity index is 1.41. The van der Waals surface area contributed by atoms with Gasteiger partial charge in [-0.2, -0.15) is 5.26 Å². The van der Waals surface area contributed by atoms with Crippen molar-refractivity contribution in [3.63, 3.8) is 0 Å². The predicted octanol–water partition coefficient (Wildman–Crippen LogP) is 6.03. The zero-order valence-corrected chi connectivity index (χ0v) is 22.1. The van der Waals surface area contributed by atoms with E-state index in [1.807, 2.05) is 6.07 Å². The molecule has 4 aromatic rings. The van der Waals surface area contributed by atoms with Gasteiger partial charge >= 0.3 is 0 Å². The van der Waals surface area contributed by atoms with E-state index in [2.05, 4.69) is 20.6 Å². The number of nitrogens with one attached hydrogen (secondary N) is 3. The number of anilines is 1. The predicted molar refractivity (Wildman–Crippen MR) is 151 cm³/mol. The number of aromatic amines is 1. The molecular formula is C26H17Cl2N5O2S2. The zero-order valence-electron chi connectivity index (χ0n) is 18.9. The third-order valence-electron chi connectivity index (χ3n) is 5.06. The van der Waals surface area contributed by atoms with Gasteiger partial charge in [0, 0.05) is 27.6 Å². The highest BCUT2D eigenvalue weighted by atomic mass is 35.5. The van der Waals surface area contributed by atoms with Gasteiger partial charge < -0.3 is 10.3 Å². The van der Waals surface area contributed by atoms with Crippen LogP contribution in [0.25, 0.3) is 11.3 Å². The smallest absolute Gasteiger partial charge is 0.270 e. The summed E-state index contributed by atoms with van der Waals surface area (Å²) >= 11 is 18.6. The molecule has 0 atom stereocenters. The molecule has 3 aromatic carbocycles. The number of thiocarbonyl (C=S) groups is 1. The number of benzene rings is 3. The Hall–Kier alpha value is -3.68. The normalized spacial score (nSPS) is 10.4. The highest BCUT2D eigenvalue weighted by Crippen LogP contribution is 2.29. The minimum atomic E-state index is -0.537. The lowest BCUT2D eigenvalue weighted by Crippen LogP contribution is -2.34. The Morgan fingerprint density at radius 2 is 1.76 bits per heavy atom. The van der Waals surface area contributed by atoms with Crippen LogP contribution in [0.4, 0.5) is 5.69 Å². The Bertz CT molecular complexity index is 1570. The van der Waals surface area contributed by atoms with Gasteiger partial charge in [-0.05, 0) is 60.2 Å². The number of amides is 1. The van der Waals surface area contributed by atoms with E-state index in [-0.39, 0.29) is 22.3 Å². The molecule has 0 unspecified atom stereocenters. The molecule has 0 spiro atoms. The molecule has 11 heteroatoms. The van der Waals surface area contributed by atoms with Crippen LogP contribution in [0.3, 0.4) is 0 Å². The Morgan fingerprint density at radius 1 is 1.05 bits per heavy atom. The summed E-state index contributed by atoms with van der Waals surface area (Å²) in [6.07, 6.45) is 0. The SMILES string of the molecule is N#Cc1c(-c2ccccc2Cl)nc(SCc2ccc(C(=O)NC(=S)Nc3ccc(Cl)cc3)cc2)[nH]c1=O. The first-order valence-corrected chi connectivity index (χ1v) is 12.9. The molecule has 3 N–H and O–H groups in total. The molecule has 37 heavy (non-hydrogen) atoms. The molecule has 1 heterocycles. The van der Waals surface area contributed by atoms with E-state index in [1.165, 1.54) is 11.8 Å². The van der Waals surface area contributed by atoms with E-state index in [1.54, 1.807) is 72.8 Å². The van der Waals surface area contributed by atoms with Crippen molar-refractivity contribution in [1.82, 2.24) is 15.3 Å². The highest BCUT2D eigenvalue weighted by molar-refractivity contribution is 7.98. The number of nitriles is 1.